The molecule has 6 nitrogen and oxygen atoms in total. The molecule has 0 spiro atoms. The predicted molar refractivity (Wildman–Crippen MR) is 133 cm³/mol. The lowest BCUT2D eigenvalue weighted by Crippen LogP contribution is -2.22. The van der Waals surface area contributed by atoms with Crippen LogP contribution in [0.25, 0.3) is 17.1 Å². The number of hydrogen-bond acceptors (Lipinski definition) is 5. The van der Waals surface area contributed by atoms with Gasteiger partial charge in [0.15, 0.2) is 0 Å². The highest BCUT2D eigenvalue weighted by atomic mass is 79.9. The number of rotatable bonds is 6. The second-order valence-corrected chi connectivity index (χ2v) is 9.03. The van der Waals surface area contributed by atoms with Gasteiger partial charge in [-0.3, -0.25) is 14.3 Å². The van der Waals surface area contributed by atoms with Crippen molar-refractivity contribution in [3.8, 4) is 22.8 Å². The Morgan fingerprint density at radius 2 is 1.79 bits per heavy atom. The van der Waals surface area contributed by atoms with Crippen LogP contribution >= 0.6 is 15.9 Å². The first-order chi connectivity index (χ1) is 15.8. The Bertz CT molecular complexity index is 1360. The van der Waals surface area contributed by atoms with Gasteiger partial charge in [0.25, 0.3) is 5.56 Å². The zero-order valence-electron chi connectivity index (χ0n) is 19.0. The van der Waals surface area contributed by atoms with Crippen LogP contribution < -0.4 is 10.3 Å². The fourth-order valence-electron chi connectivity index (χ4n) is 3.56. The minimum absolute atomic E-state index is 0.197. The predicted octanol–water partition coefficient (Wildman–Crippen LogP) is 5.77. The van der Waals surface area contributed by atoms with E-state index >= 15 is 0 Å². The molecule has 0 aliphatic heterocycles. The second kappa shape index (κ2) is 9.67. The average Bonchev–Trinajstić information content (AvgIpc) is 2.81. The number of benzene rings is 1. The Labute approximate surface area is 201 Å². The molecule has 0 amide bonds. The summed E-state index contributed by atoms with van der Waals surface area (Å²) < 4.78 is 7.99. The average molecular weight is 505 g/mol. The third kappa shape index (κ3) is 5.03. The Hall–Kier alpha value is -3.32. The lowest BCUT2D eigenvalue weighted by atomic mass is 10.1. The first-order valence-corrected chi connectivity index (χ1v) is 11.5. The topological polar surface area (TPSA) is 69.9 Å². The van der Waals surface area contributed by atoms with Crippen LogP contribution in [-0.2, 0) is 6.61 Å². The Morgan fingerprint density at radius 3 is 2.55 bits per heavy atom. The summed E-state index contributed by atoms with van der Waals surface area (Å²) in [6.07, 6.45) is 3.42. The van der Waals surface area contributed by atoms with E-state index in [0.717, 1.165) is 22.8 Å². The molecular formula is C26H25BrN4O2. The summed E-state index contributed by atoms with van der Waals surface area (Å²) in [5.41, 5.74) is 4.88. The van der Waals surface area contributed by atoms with Gasteiger partial charge < -0.3 is 4.74 Å². The third-order valence-electron chi connectivity index (χ3n) is 5.23. The van der Waals surface area contributed by atoms with E-state index in [2.05, 4.69) is 36.9 Å². The van der Waals surface area contributed by atoms with Crippen molar-refractivity contribution in [3.63, 3.8) is 0 Å². The van der Waals surface area contributed by atoms with Gasteiger partial charge in [-0.25, -0.2) is 9.97 Å². The van der Waals surface area contributed by atoms with Crippen LogP contribution in [0.15, 0.2) is 70.2 Å². The van der Waals surface area contributed by atoms with Crippen LogP contribution in [0.5, 0.6) is 5.75 Å². The Balaban J connectivity index is 1.67. The normalized spacial score (nSPS) is 11.1. The molecule has 4 aromatic rings. The SMILES string of the molecule is Cc1cccc(COc2cc(C)n(-c3ccnc(-c4ccnc(C(C)C)n4)c3)c(=O)c2Br)c1. The molecule has 0 aliphatic carbocycles. The van der Waals surface area contributed by atoms with Crippen molar-refractivity contribution >= 4 is 15.9 Å². The maximum absolute atomic E-state index is 13.3. The van der Waals surface area contributed by atoms with Crippen LogP contribution in [0.3, 0.4) is 0 Å². The first kappa shape index (κ1) is 22.9. The minimum Gasteiger partial charge on any atom is -0.487 e. The molecule has 4 rings (SSSR count). The van der Waals surface area contributed by atoms with Gasteiger partial charge in [-0.1, -0.05) is 43.7 Å². The van der Waals surface area contributed by atoms with E-state index in [1.165, 1.54) is 5.56 Å². The monoisotopic (exact) mass is 504 g/mol. The van der Waals surface area contributed by atoms with E-state index in [1.807, 2.05) is 70.2 Å². The van der Waals surface area contributed by atoms with Crippen molar-refractivity contribution in [3.05, 3.63) is 98.4 Å². The van der Waals surface area contributed by atoms with Gasteiger partial charge in [0, 0.05) is 30.1 Å². The van der Waals surface area contributed by atoms with E-state index in [1.54, 1.807) is 17.0 Å². The number of pyridine rings is 2. The van der Waals surface area contributed by atoms with Gasteiger partial charge in [0.2, 0.25) is 0 Å². The molecule has 33 heavy (non-hydrogen) atoms. The maximum Gasteiger partial charge on any atom is 0.273 e. The summed E-state index contributed by atoms with van der Waals surface area (Å²) in [4.78, 5) is 26.7. The fraction of sp³-hybridized carbons (Fsp3) is 0.231. The molecule has 0 atom stereocenters. The summed E-state index contributed by atoms with van der Waals surface area (Å²) in [5, 5.41) is 0. The van der Waals surface area contributed by atoms with E-state index in [4.69, 9.17) is 4.74 Å². The molecule has 3 heterocycles. The molecule has 0 N–H and O–H groups in total. The minimum atomic E-state index is -0.197. The van der Waals surface area contributed by atoms with E-state index in [9.17, 15) is 4.79 Å². The van der Waals surface area contributed by atoms with E-state index in [0.29, 0.717) is 28.2 Å². The molecule has 0 unspecified atom stereocenters. The summed E-state index contributed by atoms with van der Waals surface area (Å²) in [6, 6.07) is 15.5. The van der Waals surface area contributed by atoms with Gasteiger partial charge in [-0.05, 0) is 53.5 Å². The van der Waals surface area contributed by atoms with Gasteiger partial charge >= 0.3 is 0 Å². The molecule has 3 aromatic heterocycles. The molecule has 0 bridgehead atoms. The first-order valence-electron chi connectivity index (χ1n) is 10.7. The number of aryl methyl sites for hydroxylation is 2. The molecule has 1 aromatic carbocycles. The number of hydrogen-bond donors (Lipinski definition) is 0. The van der Waals surface area contributed by atoms with Crippen molar-refractivity contribution in [2.45, 2.75) is 40.2 Å². The van der Waals surface area contributed by atoms with Crippen LogP contribution in [0.4, 0.5) is 0 Å². The van der Waals surface area contributed by atoms with Crippen molar-refractivity contribution in [1.29, 1.82) is 0 Å². The number of aromatic nitrogens is 4. The van der Waals surface area contributed by atoms with Gasteiger partial charge in [-0.15, -0.1) is 0 Å². The van der Waals surface area contributed by atoms with Crippen molar-refractivity contribution in [2.24, 2.45) is 0 Å². The summed E-state index contributed by atoms with van der Waals surface area (Å²) in [6.45, 7) is 8.40. The standard InChI is InChI=1S/C26H25BrN4O2/c1-16(2)25-29-11-9-21(30-25)22-14-20(8-10-28-22)31-18(4)13-23(24(27)26(31)32)33-15-19-7-5-6-17(3)12-19/h5-14,16H,15H2,1-4H3. The lowest BCUT2D eigenvalue weighted by molar-refractivity contribution is 0.302. The molecule has 168 valence electrons. The molecule has 0 saturated carbocycles. The van der Waals surface area contributed by atoms with Gasteiger partial charge in [-0.2, -0.15) is 0 Å². The van der Waals surface area contributed by atoms with Crippen LogP contribution in [-0.4, -0.2) is 19.5 Å². The molecule has 0 radical (unpaired) electrons. The van der Waals surface area contributed by atoms with Gasteiger partial charge in [0.05, 0.1) is 17.1 Å². The zero-order valence-corrected chi connectivity index (χ0v) is 20.6. The molecule has 0 fully saturated rings. The second-order valence-electron chi connectivity index (χ2n) is 8.24. The highest BCUT2D eigenvalue weighted by Gasteiger charge is 2.15. The number of ether oxygens (including phenoxy) is 1. The number of halogens is 1. The highest BCUT2D eigenvalue weighted by Crippen LogP contribution is 2.26. The fourth-order valence-corrected chi connectivity index (χ4v) is 3.97. The summed E-state index contributed by atoms with van der Waals surface area (Å²) in [5.74, 6) is 1.48. The number of nitrogens with zero attached hydrogens (tertiary/aromatic N) is 4. The maximum atomic E-state index is 13.3. The van der Waals surface area contributed by atoms with Crippen molar-refractivity contribution < 1.29 is 4.74 Å². The molecule has 0 saturated heterocycles. The quantitative estimate of drug-likeness (QED) is 0.333. The highest BCUT2D eigenvalue weighted by molar-refractivity contribution is 9.10. The van der Waals surface area contributed by atoms with E-state index < -0.39 is 0 Å². The third-order valence-corrected chi connectivity index (χ3v) is 5.96. The largest absolute Gasteiger partial charge is 0.487 e. The van der Waals surface area contributed by atoms with Crippen LogP contribution in [0.2, 0.25) is 0 Å². The van der Waals surface area contributed by atoms with Gasteiger partial charge in [0.1, 0.15) is 22.7 Å². The Morgan fingerprint density at radius 1 is 1.00 bits per heavy atom. The molecule has 0 aliphatic rings. The van der Waals surface area contributed by atoms with Crippen LogP contribution in [0, 0.1) is 13.8 Å². The zero-order chi connectivity index (χ0) is 23.5. The Kier molecular flexibility index (Phi) is 6.70. The van der Waals surface area contributed by atoms with Crippen LogP contribution in [0.1, 0.15) is 42.4 Å². The van der Waals surface area contributed by atoms with Crippen molar-refractivity contribution in [1.82, 2.24) is 19.5 Å². The van der Waals surface area contributed by atoms with Crippen molar-refractivity contribution in [2.75, 3.05) is 0 Å². The summed E-state index contributed by atoms with van der Waals surface area (Å²) in [7, 11) is 0. The lowest BCUT2D eigenvalue weighted by Gasteiger charge is -2.15. The van der Waals surface area contributed by atoms with E-state index in [-0.39, 0.29) is 11.5 Å². The molecule has 7 heteroatoms. The summed E-state index contributed by atoms with van der Waals surface area (Å²) >= 11 is 3.44. The molecular weight excluding hydrogens is 480 g/mol. The smallest absolute Gasteiger partial charge is 0.273 e.